The van der Waals surface area contributed by atoms with Gasteiger partial charge in [-0.15, -0.1) is 0 Å². The second-order valence-electron chi connectivity index (χ2n) is 6.65. The Kier molecular flexibility index (Phi) is 5.69. The number of sulfonamides is 1. The van der Waals surface area contributed by atoms with Crippen molar-refractivity contribution in [1.82, 2.24) is 5.32 Å². The Balaban J connectivity index is 1.70. The van der Waals surface area contributed by atoms with Crippen molar-refractivity contribution in [2.45, 2.75) is 13.3 Å². The molecule has 0 aliphatic carbocycles. The molecule has 2 aromatic carbocycles. The van der Waals surface area contributed by atoms with Gasteiger partial charge in [-0.25, -0.2) is 12.7 Å². The predicted molar refractivity (Wildman–Crippen MR) is 106 cm³/mol. The highest BCUT2D eigenvalue weighted by molar-refractivity contribution is 7.94. The SMILES string of the molecule is COc1ccccc1CCNC(=O)c1cccc(N2C(=O)[C@H](C)CS2(=O)=O)c1. The van der Waals surface area contributed by atoms with Gasteiger partial charge >= 0.3 is 0 Å². The van der Waals surface area contributed by atoms with Crippen molar-refractivity contribution in [1.29, 1.82) is 0 Å². The number of benzene rings is 2. The van der Waals surface area contributed by atoms with E-state index in [2.05, 4.69) is 5.32 Å². The molecule has 0 saturated carbocycles. The van der Waals surface area contributed by atoms with Crippen molar-refractivity contribution in [3.8, 4) is 5.75 Å². The zero-order valence-electron chi connectivity index (χ0n) is 15.7. The second-order valence-corrected chi connectivity index (χ2v) is 8.51. The summed E-state index contributed by atoms with van der Waals surface area (Å²) in [6, 6.07) is 13.6. The van der Waals surface area contributed by atoms with E-state index in [1.807, 2.05) is 24.3 Å². The van der Waals surface area contributed by atoms with E-state index >= 15 is 0 Å². The van der Waals surface area contributed by atoms with E-state index in [-0.39, 0.29) is 17.3 Å². The minimum atomic E-state index is -3.70. The summed E-state index contributed by atoms with van der Waals surface area (Å²) in [7, 11) is -2.11. The van der Waals surface area contributed by atoms with Crippen molar-refractivity contribution in [2.75, 3.05) is 23.7 Å². The van der Waals surface area contributed by atoms with Crippen LogP contribution in [0.3, 0.4) is 0 Å². The fraction of sp³-hybridized carbons (Fsp3) is 0.300. The maximum atomic E-state index is 12.5. The summed E-state index contributed by atoms with van der Waals surface area (Å²) in [6.07, 6.45) is 0.589. The number of para-hydroxylation sites is 1. The fourth-order valence-electron chi connectivity index (χ4n) is 3.18. The van der Waals surface area contributed by atoms with E-state index in [0.29, 0.717) is 18.5 Å². The van der Waals surface area contributed by atoms with Gasteiger partial charge in [0.25, 0.3) is 5.91 Å². The highest BCUT2D eigenvalue weighted by Gasteiger charge is 2.42. The normalized spacial score (nSPS) is 18.1. The largest absolute Gasteiger partial charge is 0.496 e. The molecule has 1 atom stereocenters. The molecule has 1 aliphatic heterocycles. The van der Waals surface area contributed by atoms with Crippen LogP contribution in [0.25, 0.3) is 0 Å². The highest BCUT2D eigenvalue weighted by Crippen LogP contribution is 2.28. The number of anilines is 1. The van der Waals surface area contributed by atoms with Crippen LogP contribution in [0.4, 0.5) is 5.69 Å². The lowest BCUT2D eigenvalue weighted by molar-refractivity contribution is -0.119. The average molecular weight is 402 g/mol. The molecule has 1 fully saturated rings. The molecule has 1 heterocycles. The molecule has 0 aromatic heterocycles. The Labute approximate surface area is 164 Å². The molecule has 2 aromatic rings. The minimum Gasteiger partial charge on any atom is -0.496 e. The third kappa shape index (κ3) is 4.01. The second kappa shape index (κ2) is 8.02. The Morgan fingerprint density at radius 1 is 1.21 bits per heavy atom. The summed E-state index contributed by atoms with van der Waals surface area (Å²) >= 11 is 0. The van der Waals surface area contributed by atoms with Gasteiger partial charge in [-0.05, 0) is 36.2 Å². The summed E-state index contributed by atoms with van der Waals surface area (Å²) in [5, 5.41) is 2.81. The molecule has 8 heteroatoms. The Bertz CT molecular complexity index is 1000. The molecule has 1 aliphatic rings. The summed E-state index contributed by atoms with van der Waals surface area (Å²) in [5.41, 5.74) is 1.45. The van der Waals surface area contributed by atoms with Crippen LogP contribution in [0, 0.1) is 5.92 Å². The van der Waals surface area contributed by atoms with Crippen molar-refractivity contribution >= 4 is 27.5 Å². The van der Waals surface area contributed by atoms with Gasteiger partial charge in [0, 0.05) is 12.1 Å². The lowest BCUT2D eigenvalue weighted by Crippen LogP contribution is -2.31. The zero-order valence-corrected chi connectivity index (χ0v) is 16.5. The quantitative estimate of drug-likeness (QED) is 0.798. The van der Waals surface area contributed by atoms with Crippen LogP contribution in [0.5, 0.6) is 5.75 Å². The zero-order chi connectivity index (χ0) is 20.3. The van der Waals surface area contributed by atoms with Gasteiger partial charge in [0.2, 0.25) is 15.9 Å². The van der Waals surface area contributed by atoms with Crippen molar-refractivity contribution in [3.63, 3.8) is 0 Å². The summed E-state index contributed by atoms with van der Waals surface area (Å²) in [6.45, 7) is 1.97. The highest BCUT2D eigenvalue weighted by atomic mass is 32.2. The number of carbonyl (C=O) groups is 2. The van der Waals surface area contributed by atoms with Crippen LogP contribution in [-0.2, 0) is 21.2 Å². The molecule has 0 radical (unpaired) electrons. The molecule has 0 unspecified atom stereocenters. The van der Waals surface area contributed by atoms with Gasteiger partial charge < -0.3 is 10.1 Å². The molecular formula is C20H22N2O5S. The molecule has 0 spiro atoms. The van der Waals surface area contributed by atoms with Crippen LogP contribution in [0.15, 0.2) is 48.5 Å². The average Bonchev–Trinajstić information content (AvgIpc) is 2.88. The van der Waals surface area contributed by atoms with E-state index in [1.165, 1.54) is 12.1 Å². The first-order chi connectivity index (χ1) is 13.3. The number of amides is 2. The van der Waals surface area contributed by atoms with Gasteiger partial charge in [0.1, 0.15) is 5.75 Å². The van der Waals surface area contributed by atoms with Crippen LogP contribution in [-0.4, -0.2) is 39.6 Å². The number of nitrogens with zero attached hydrogens (tertiary/aromatic N) is 1. The van der Waals surface area contributed by atoms with E-state index in [4.69, 9.17) is 4.74 Å². The summed E-state index contributed by atoms with van der Waals surface area (Å²) in [4.78, 5) is 24.7. The molecule has 3 rings (SSSR count). The van der Waals surface area contributed by atoms with Crippen molar-refractivity contribution in [2.24, 2.45) is 5.92 Å². The van der Waals surface area contributed by atoms with Crippen LogP contribution in [0.2, 0.25) is 0 Å². The molecular weight excluding hydrogens is 380 g/mol. The van der Waals surface area contributed by atoms with Gasteiger partial charge in [-0.3, -0.25) is 9.59 Å². The van der Waals surface area contributed by atoms with Gasteiger partial charge in [-0.1, -0.05) is 31.2 Å². The van der Waals surface area contributed by atoms with E-state index in [9.17, 15) is 18.0 Å². The van der Waals surface area contributed by atoms with Gasteiger partial charge in [0.05, 0.1) is 24.5 Å². The van der Waals surface area contributed by atoms with E-state index in [0.717, 1.165) is 15.6 Å². The lowest BCUT2D eigenvalue weighted by atomic mass is 10.1. The van der Waals surface area contributed by atoms with Crippen LogP contribution in [0.1, 0.15) is 22.8 Å². The maximum absolute atomic E-state index is 12.5. The van der Waals surface area contributed by atoms with Crippen LogP contribution < -0.4 is 14.4 Å². The molecule has 2 amide bonds. The standard InChI is InChI=1S/C20H22N2O5S/c1-14-13-28(25,26)22(20(14)24)17-8-5-7-16(12-17)19(23)21-11-10-15-6-3-4-9-18(15)27-2/h3-9,12,14H,10-11,13H2,1-2H3,(H,21,23)/t14-/m1/s1. The molecule has 7 nitrogen and oxygen atoms in total. The number of hydrogen-bond donors (Lipinski definition) is 1. The molecule has 1 saturated heterocycles. The summed E-state index contributed by atoms with van der Waals surface area (Å²) in [5.74, 6) is -0.877. The number of rotatable bonds is 6. The van der Waals surface area contributed by atoms with Crippen molar-refractivity contribution in [3.05, 3.63) is 59.7 Å². The summed E-state index contributed by atoms with van der Waals surface area (Å²) < 4.78 is 30.6. The monoisotopic (exact) mass is 402 g/mol. The van der Waals surface area contributed by atoms with E-state index < -0.39 is 21.8 Å². The predicted octanol–water partition coefficient (Wildman–Crippen LogP) is 1.98. The smallest absolute Gasteiger partial charge is 0.251 e. The first kappa shape index (κ1) is 19.9. The number of methoxy groups -OCH3 is 1. The number of carbonyl (C=O) groups excluding carboxylic acids is 2. The third-order valence-corrected chi connectivity index (χ3v) is 6.44. The molecule has 0 bridgehead atoms. The number of hydrogen-bond acceptors (Lipinski definition) is 5. The van der Waals surface area contributed by atoms with Gasteiger partial charge in [0.15, 0.2) is 0 Å². The first-order valence-electron chi connectivity index (χ1n) is 8.90. The number of ether oxygens (including phenoxy) is 1. The van der Waals surface area contributed by atoms with E-state index in [1.54, 1.807) is 26.2 Å². The molecule has 28 heavy (non-hydrogen) atoms. The topological polar surface area (TPSA) is 92.8 Å². The molecule has 148 valence electrons. The fourth-order valence-corrected chi connectivity index (χ4v) is 4.99. The molecule has 1 N–H and O–H groups in total. The van der Waals surface area contributed by atoms with Gasteiger partial charge in [-0.2, -0.15) is 0 Å². The van der Waals surface area contributed by atoms with Crippen LogP contribution >= 0.6 is 0 Å². The van der Waals surface area contributed by atoms with Crippen molar-refractivity contribution < 1.29 is 22.7 Å². The Morgan fingerprint density at radius 2 is 1.96 bits per heavy atom. The maximum Gasteiger partial charge on any atom is 0.251 e. The number of nitrogens with one attached hydrogen (secondary N) is 1. The Hall–Kier alpha value is -2.87. The minimum absolute atomic E-state index is 0.187. The first-order valence-corrected chi connectivity index (χ1v) is 10.5. The third-order valence-electron chi connectivity index (χ3n) is 4.58. The Morgan fingerprint density at radius 3 is 2.64 bits per heavy atom. The lowest BCUT2D eigenvalue weighted by Gasteiger charge is -2.16.